The average molecular weight is 347 g/mol. The summed E-state index contributed by atoms with van der Waals surface area (Å²) in [5.74, 6) is 0.131. The standard InChI is InChI=1S/C13H18INO2/c1-3-4-5-8-15(2)13(17)10-6-7-11(14)12(16)9-10/h6-7,9,16H,3-5,8H2,1-2H3. The third-order valence-electron chi connectivity index (χ3n) is 2.64. The van der Waals surface area contributed by atoms with Crippen molar-refractivity contribution in [3.05, 3.63) is 27.3 Å². The van der Waals surface area contributed by atoms with Crippen molar-refractivity contribution in [3.8, 4) is 5.75 Å². The first-order valence-corrected chi connectivity index (χ1v) is 6.88. The van der Waals surface area contributed by atoms with Crippen molar-refractivity contribution in [2.45, 2.75) is 26.2 Å². The maximum atomic E-state index is 12.0. The SMILES string of the molecule is CCCCCN(C)C(=O)c1ccc(I)c(O)c1. The minimum absolute atomic E-state index is 0.0344. The molecule has 0 heterocycles. The predicted molar refractivity (Wildman–Crippen MR) is 77.3 cm³/mol. The van der Waals surface area contributed by atoms with Crippen LogP contribution in [0.1, 0.15) is 36.5 Å². The zero-order chi connectivity index (χ0) is 12.8. The predicted octanol–water partition coefficient (Wildman–Crippen LogP) is 3.26. The van der Waals surface area contributed by atoms with E-state index in [9.17, 15) is 9.90 Å². The molecule has 17 heavy (non-hydrogen) atoms. The van der Waals surface area contributed by atoms with Crippen LogP contribution < -0.4 is 0 Å². The molecule has 0 spiro atoms. The molecule has 1 N–H and O–H groups in total. The number of phenols is 1. The summed E-state index contributed by atoms with van der Waals surface area (Å²) in [7, 11) is 1.80. The lowest BCUT2D eigenvalue weighted by Crippen LogP contribution is -2.27. The molecular formula is C13H18INO2. The van der Waals surface area contributed by atoms with Crippen molar-refractivity contribution in [2.24, 2.45) is 0 Å². The molecule has 3 nitrogen and oxygen atoms in total. The van der Waals surface area contributed by atoms with Crippen molar-refractivity contribution in [1.82, 2.24) is 4.90 Å². The van der Waals surface area contributed by atoms with Gasteiger partial charge in [-0.15, -0.1) is 0 Å². The average Bonchev–Trinajstić information content (AvgIpc) is 2.32. The summed E-state index contributed by atoms with van der Waals surface area (Å²) in [6.45, 7) is 2.90. The van der Waals surface area contributed by atoms with Crippen LogP contribution in [0.3, 0.4) is 0 Å². The zero-order valence-corrected chi connectivity index (χ0v) is 12.4. The first-order chi connectivity index (χ1) is 8.06. The van der Waals surface area contributed by atoms with Gasteiger partial charge in [-0.05, 0) is 47.2 Å². The number of amides is 1. The van der Waals surface area contributed by atoms with Crippen LogP contribution in [-0.2, 0) is 0 Å². The highest BCUT2D eigenvalue weighted by molar-refractivity contribution is 14.1. The molecule has 0 unspecified atom stereocenters. The smallest absolute Gasteiger partial charge is 0.253 e. The van der Waals surface area contributed by atoms with Crippen LogP contribution in [0.5, 0.6) is 5.75 Å². The van der Waals surface area contributed by atoms with E-state index in [1.165, 1.54) is 6.07 Å². The lowest BCUT2D eigenvalue weighted by atomic mass is 10.2. The number of halogens is 1. The van der Waals surface area contributed by atoms with Crippen LogP contribution in [0.25, 0.3) is 0 Å². The number of hydrogen-bond acceptors (Lipinski definition) is 2. The maximum Gasteiger partial charge on any atom is 0.253 e. The molecule has 4 heteroatoms. The molecule has 0 saturated carbocycles. The van der Waals surface area contributed by atoms with Gasteiger partial charge in [0.05, 0.1) is 3.57 Å². The fraction of sp³-hybridized carbons (Fsp3) is 0.462. The number of hydrogen-bond donors (Lipinski definition) is 1. The van der Waals surface area contributed by atoms with E-state index in [2.05, 4.69) is 6.92 Å². The minimum Gasteiger partial charge on any atom is -0.507 e. The summed E-state index contributed by atoms with van der Waals surface area (Å²) in [5, 5.41) is 9.57. The van der Waals surface area contributed by atoms with Gasteiger partial charge >= 0.3 is 0 Å². The molecule has 0 aliphatic carbocycles. The van der Waals surface area contributed by atoms with E-state index < -0.39 is 0 Å². The molecule has 94 valence electrons. The van der Waals surface area contributed by atoms with Crippen LogP contribution in [-0.4, -0.2) is 29.5 Å². The van der Waals surface area contributed by atoms with Crippen LogP contribution in [0.2, 0.25) is 0 Å². The molecule has 0 bridgehead atoms. The van der Waals surface area contributed by atoms with Crippen molar-refractivity contribution in [1.29, 1.82) is 0 Å². The lowest BCUT2D eigenvalue weighted by Gasteiger charge is -2.17. The summed E-state index contributed by atoms with van der Waals surface area (Å²) in [6, 6.07) is 5.03. The Hall–Kier alpha value is -0.780. The molecule has 0 aromatic heterocycles. The quantitative estimate of drug-likeness (QED) is 0.656. The molecule has 0 atom stereocenters. The number of rotatable bonds is 5. The largest absolute Gasteiger partial charge is 0.507 e. The zero-order valence-electron chi connectivity index (χ0n) is 10.2. The number of nitrogens with zero attached hydrogens (tertiary/aromatic N) is 1. The Labute approximate surface area is 116 Å². The molecule has 1 aromatic carbocycles. The fourth-order valence-corrected chi connectivity index (χ4v) is 1.90. The minimum atomic E-state index is -0.0344. The van der Waals surface area contributed by atoms with E-state index in [1.807, 2.05) is 22.6 Å². The number of unbranched alkanes of at least 4 members (excludes halogenated alkanes) is 2. The number of carbonyl (C=O) groups excluding carboxylic acids is 1. The van der Waals surface area contributed by atoms with Crippen molar-refractivity contribution < 1.29 is 9.90 Å². The Kier molecular flexibility index (Phi) is 5.74. The molecular weight excluding hydrogens is 329 g/mol. The normalized spacial score (nSPS) is 10.3. The van der Waals surface area contributed by atoms with Gasteiger partial charge in [-0.3, -0.25) is 4.79 Å². The second-order valence-corrected chi connectivity index (χ2v) is 5.26. The monoisotopic (exact) mass is 347 g/mol. The van der Waals surface area contributed by atoms with Gasteiger partial charge in [-0.25, -0.2) is 0 Å². The van der Waals surface area contributed by atoms with Crippen LogP contribution >= 0.6 is 22.6 Å². The molecule has 0 saturated heterocycles. The molecule has 1 amide bonds. The van der Waals surface area contributed by atoms with E-state index in [0.29, 0.717) is 5.56 Å². The first kappa shape index (κ1) is 14.3. The van der Waals surface area contributed by atoms with Gasteiger partial charge in [-0.1, -0.05) is 19.8 Å². The van der Waals surface area contributed by atoms with Gasteiger partial charge in [0.2, 0.25) is 0 Å². The third kappa shape index (κ3) is 4.18. The van der Waals surface area contributed by atoms with E-state index in [4.69, 9.17) is 0 Å². The van der Waals surface area contributed by atoms with Crippen LogP contribution in [0, 0.1) is 3.57 Å². The van der Waals surface area contributed by atoms with E-state index in [-0.39, 0.29) is 11.7 Å². The summed E-state index contributed by atoms with van der Waals surface area (Å²) < 4.78 is 0.757. The maximum absolute atomic E-state index is 12.0. The van der Waals surface area contributed by atoms with E-state index >= 15 is 0 Å². The van der Waals surface area contributed by atoms with Crippen LogP contribution in [0.15, 0.2) is 18.2 Å². The van der Waals surface area contributed by atoms with Gasteiger partial charge in [0.1, 0.15) is 5.75 Å². The molecule has 1 rings (SSSR count). The van der Waals surface area contributed by atoms with Crippen molar-refractivity contribution in [2.75, 3.05) is 13.6 Å². The molecule has 1 aromatic rings. The van der Waals surface area contributed by atoms with E-state index in [1.54, 1.807) is 24.1 Å². The summed E-state index contributed by atoms with van der Waals surface area (Å²) in [6.07, 6.45) is 3.30. The van der Waals surface area contributed by atoms with E-state index in [0.717, 1.165) is 29.4 Å². The van der Waals surface area contributed by atoms with Gasteiger partial charge in [-0.2, -0.15) is 0 Å². The number of benzene rings is 1. The van der Waals surface area contributed by atoms with Crippen LogP contribution in [0.4, 0.5) is 0 Å². The van der Waals surface area contributed by atoms with Gasteiger partial charge in [0, 0.05) is 19.2 Å². The number of phenolic OH excluding ortho intramolecular Hbond substituents is 1. The first-order valence-electron chi connectivity index (χ1n) is 5.80. The highest BCUT2D eigenvalue weighted by Crippen LogP contribution is 2.21. The Balaban J connectivity index is 2.65. The topological polar surface area (TPSA) is 40.5 Å². The Morgan fingerprint density at radius 1 is 1.41 bits per heavy atom. The summed E-state index contributed by atoms with van der Waals surface area (Å²) in [4.78, 5) is 13.7. The second-order valence-electron chi connectivity index (χ2n) is 4.10. The summed E-state index contributed by atoms with van der Waals surface area (Å²) in [5.41, 5.74) is 0.543. The second kappa shape index (κ2) is 6.83. The van der Waals surface area contributed by atoms with Crippen molar-refractivity contribution in [3.63, 3.8) is 0 Å². The number of carbonyl (C=O) groups is 1. The Morgan fingerprint density at radius 2 is 2.12 bits per heavy atom. The fourth-order valence-electron chi connectivity index (χ4n) is 1.57. The highest BCUT2D eigenvalue weighted by Gasteiger charge is 2.12. The van der Waals surface area contributed by atoms with Crippen molar-refractivity contribution >= 4 is 28.5 Å². The lowest BCUT2D eigenvalue weighted by molar-refractivity contribution is 0.0792. The molecule has 0 fully saturated rings. The van der Waals surface area contributed by atoms with Gasteiger partial charge in [0.25, 0.3) is 5.91 Å². The van der Waals surface area contributed by atoms with Gasteiger partial charge in [0.15, 0.2) is 0 Å². The summed E-state index contributed by atoms with van der Waals surface area (Å²) >= 11 is 2.03. The number of aromatic hydroxyl groups is 1. The third-order valence-corrected chi connectivity index (χ3v) is 3.55. The highest BCUT2D eigenvalue weighted by atomic mass is 127. The molecule has 0 aliphatic rings. The molecule has 0 radical (unpaired) electrons. The molecule has 0 aliphatic heterocycles. The Bertz CT molecular complexity index is 393. The van der Waals surface area contributed by atoms with Gasteiger partial charge < -0.3 is 10.0 Å². The Morgan fingerprint density at radius 3 is 2.71 bits per heavy atom.